The Kier molecular flexibility index (Phi) is 4.95. The second kappa shape index (κ2) is 6.71. The number of anilines is 1. The second-order valence-electron chi connectivity index (χ2n) is 4.51. The van der Waals surface area contributed by atoms with E-state index in [0.717, 1.165) is 30.0 Å². The largest absolute Gasteiger partial charge is 0.296 e. The Morgan fingerprint density at radius 1 is 1.24 bits per heavy atom. The lowest BCUT2D eigenvalue weighted by atomic mass is 10.1. The molecule has 21 heavy (non-hydrogen) atoms. The van der Waals surface area contributed by atoms with Crippen molar-refractivity contribution in [1.29, 1.82) is 0 Å². The first-order valence-corrected chi connectivity index (χ1v) is 7.47. The standard InChI is InChI=1S/C14H15F2N3OS/c1-3-8(4-2)13-18-19-14(21-13)17-12(20)11-9(15)6-5-7-10(11)16/h5-8H,3-4H2,1-2H3,(H,17,19,20). The molecule has 0 unspecified atom stereocenters. The van der Waals surface area contributed by atoms with E-state index in [4.69, 9.17) is 0 Å². The van der Waals surface area contributed by atoms with Crippen LogP contribution in [-0.4, -0.2) is 16.1 Å². The van der Waals surface area contributed by atoms with Crippen molar-refractivity contribution >= 4 is 22.4 Å². The van der Waals surface area contributed by atoms with Gasteiger partial charge in [0.1, 0.15) is 22.2 Å². The molecule has 0 atom stereocenters. The molecule has 4 nitrogen and oxygen atoms in total. The highest BCUT2D eigenvalue weighted by Crippen LogP contribution is 2.28. The first-order valence-electron chi connectivity index (χ1n) is 6.65. The smallest absolute Gasteiger partial charge is 0.263 e. The summed E-state index contributed by atoms with van der Waals surface area (Å²) in [5, 5.41) is 11.3. The van der Waals surface area contributed by atoms with E-state index in [1.807, 2.05) is 13.8 Å². The summed E-state index contributed by atoms with van der Waals surface area (Å²) in [7, 11) is 0. The molecule has 0 fully saturated rings. The van der Waals surface area contributed by atoms with Gasteiger partial charge in [-0.05, 0) is 25.0 Å². The minimum atomic E-state index is -0.905. The van der Waals surface area contributed by atoms with Gasteiger partial charge >= 0.3 is 0 Å². The zero-order valence-corrected chi connectivity index (χ0v) is 12.5. The van der Waals surface area contributed by atoms with Crippen LogP contribution in [0.5, 0.6) is 0 Å². The van der Waals surface area contributed by atoms with Crippen LogP contribution in [0.15, 0.2) is 18.2 Å². The number of nitrogens with zero attached hydrogens (tertiary/aromatic N) is 2. The average molecular weight is 311 g/mol. The summed E-state index contributed by atoms with van der Waals surface area (Å²) in [4.78, 5) is 11.9. The predicted molar refractivity (Wildman–Crippen MR) is 77.5 cm³/mol. The van der Waals surface area contributed by atoms with Gasteiger partial charge in [-0.25, -0.2) is 8.78 Å². The maximum absolute atomic E-state index is 13.5. The lowest BCUT2D eigenvalue weighted by Gasteiger charge is -2.06. The number of carbonyl (C=O) groups excluding carboxylic acids is 1. The fourth-order valence-electron chi connectivity index (χ4n) is 1.96. The molecule has 112 valence electrons. The van der Waals surface area contributed by atoms with Crippen LogP contribution in [0, 0.1) is 11.6 Å². The van der Waals surface area contributed by atoms with Crippen molar-refractivity contribution in [2.45, 2.75) is 32.6 Å². The number of benzene rings is 1. The number of aromatic nitrogens is 2. The van der Waals surface area contributed by atoms with Crippen LogP contribution in [0.2, 0.25) is 0 Å². The first-order chi connectivity index (χ1) is 10.1. The van der Waals surface area contributed by atoms with E-state index in [-0.39, 0.29) is 11.0 Å². The molecule has 0 saturated heterocycles. The summed E-state index contributed by atoms with van der Waals surface area (Å²) in [6.07, 6.45) is 1.84. The van der Waals surface area contributed by atoms with E-state index in [1.165, 1.54) is 17.4 Å². The number of nitrogens with one attached hydrogen (secondary N) is 1. The fourth-order valence-corrected chi connectivity index (χ4v) is 2.97. The lowest BCUT2D eigenvalue weighted by molar-refractivity contribution is 0.101. The van der Waals surface area contributed by atoms with Gasteiger partial charge in [0.25, 0.3) is 5.91 Å². The van der Waals surface area contributed by atoms with Gasteiger partial charge in [0, 0.05) is 5.92 Å². The van der Waals surface area contributed by atoms with Crippen LogP contribution in [-0.2, 0) is 0 Å². The molecule has 0 spiro atoms. The van der Waals surface area contributed by atoms with Crippen molar-refractivity contribution in [3.05, 3.63) is 40.4 Å². The molecule has 0 radical (unpaired) electrons. The second-order valence-corrected chi connectivity index (χ2v) is 5.52. The summed E-state index contributed by atoms with van der Waals surface area (Å²) in [5.41, 5.74) is -0.614. The SMILES string of the molecule is CCC(CC)c1nnc(NC(=O)c2c(F)cccc2F)s1. The molecule has 1 heterocycles. The topological polar surface area (TPSA) is 54.9 Å². The van der Waals surface area contributed by atoms with Gasteiger partial charge < -0.3 is 0 Å². The van der Waals surface area contributed by atoms with E-state index in [2.05, 4.69) is 15.5 Å². The Labute approximate surface area is 125 Å². The minimum Gasteiger partial charge on any atom is -0.296 e. The third kappa shape index (κ3) is 3.41. The van der Waals surface area contributed by atoms with Crippen molar-refractivity contribution in [1.82, 2.24) is 10.2 Å². The zero-order chi connectivity index (χ0) is 15.4. The molecule has 7 heteroatoms. The number of hydrogen-bond donors (Lipinski definition) is 1. The molecule has 0 aliphatic heterocycles. The van der Waals surface area contributed by atoms with Crippen LogP contribution in [0.25, 0.3) is 0 Å². The first kappa shape index (κ1) is 15.5. The molecule has 0 aliphatic rings. The van der Waals surface area contributed by atoms with Gasteiger partial charge in [-0.2, -0.15) is 0 Å². The average Bonchev–Trinajstić information content (AvgIpc) is 2.88. The van der Waals surface area contributed by atoms with Gasteiger partial charge in [0.2, 0.25) is 5.13 Å². The molecule has 0 bridgehead atoms. The molecule has 1 amide bonds. The summed E-state index contributed by atoms with van der Waals surface area (Å²) in [5.74, 6) is -2.40. The molecular weight excluding hydrogens is 296 g/mol. The number of hydrogen-bond acceptors (Lipinski definition) is 4. The Morgan fingerprint density at radius 2 is 1.86 bits per heavy atom. The highest BCUT2D eigenvalue weighted by molar-refractivity contribution is 7.15. The zero-order valence-electron chi connectivity index (χ0n) is 11.7. The molecule has 1 N–H and O–H groups in total. The third-order valence-corrected chi connectivity index (χ3v) is 4.19. The number of rotatable bonds is 5. The highest BCUT2D eigenvalue weighted by atomic mass is 32.1. The van der Waals surface area contributed by atoms with Gasteiger partial charge in [-0.3, -0.25) is 10.1 Å². The van der Waals surface area contributed by atoms with Crippen LogP contribution in [0.1, 0.15) is 48.0 Å². The molecular formula is C14H15F2N3OS. The van der Waals surface area contributed by atoms with Gasteiger partial charge in [-0.1, -0.05) is 31.3 Å². The maximum Gasteiger partial charge on any atom is 0.263 e. The molecule has 1 aromatic heterocycles. The van der Waals surface area contributed by atoms with Crippen molar-refractivity contribution in [3.63, 3.8) is 0 Å². The number of halogens is 2. The molecule has 2 aromatic rings. The van der Waals surface area contributed by atoms with E-state index in [1.54, 1.807) is 0 Å². The van der Waals surface area contributed by atoms with Gasteiger partial charge in [0.05, 0.1) is 0 Å². The predicted octanol–water partition coefficient (Wildman–Crippen LogP) is 3.97. The van der Waals surface area contributed by atoms with Crippen LogP contribution < -0.4 is 5.32 Å². The van der Waals surface area contributed by atoms with Crippen molar-refractivity contribution in [2.24, 2.45) is 0 Å². The van der Waals surface area contributed by atoms with E-state index >= 15 is 0 Å². The van der Waals surface area contributed by atoms with Gasteiger partial charge in [-0.15, -0.1) is 10.2 Å². The van der Waals surface area contributed by atoms with E-state index in [0.29, 0.717) is 0 Å². The Balaban J connectivity index is 2.17. The van der Waals surface area contributed by atoms with Crippen molar-refractivity contribution in [2.75, 3.05) is 5.32 Å². The number of carbonyl (C=O) groups is 1. The Morgan fingerprint density at radius 3 is 2.43 bits per heavy atom. The quantitative estimate of drug-likeness (QED) is 0.909. The molecule has 0 aliphatic carbocycles. The number of amides is 1. The van der Waals surface area contributed by atoms with Crippen molar-refractivity contribution in [3.8, 4) is 0 Å². The van der Waals surface area contributed by atoms with Crippen LogP contribution in [0.4, 0.5) is 13.9 Å². The summed E-state index contributed by atoms with van der Waals surface area (Å²) >= 11 is 1.23. The Hall–Kier alpha value is -1.89. The van der Waals surface area contributed by atoms with E-state index < -0.39 is 23.1 Å². The third-order valence-electron chi connectivity index (χ3n) is 3.19. The highest BCUT2D eigenvalue weighted by Gasteiger charge is 2.19. The Bertz CT molecular complexity index is 621. The molecule has 1 aromatic carbocycles. The maximum atomic E-state index is 13.5. The fraction of sp³-hybridized carbons (Fsp3) is 0.357. The van der Waals surface area contributed by atoms with Crippen LogP contribution in [0.3, 0.4) is 0 Å². The van der Waals surface area contributed by atoms with Gasteiger partial charge in [0.15, 0.2) is 0 Å². The monoisotopic (exact) mass is 311 g/mol. The molecule has 0 saturated carbocycles. The summed E-state index contributed by atoms with van der Waals surface area (Å²) in [6, 6.07) is 3.28. The molecule has 2 rings (SSSR count). The van der Waals surface area contributed by atoms with E-state index in [9.17, 15) is 13.6 Å². The summed E-state index contributed by atoms with van der Waals surface area (Å²) < 4.78 is 27.0. The lowest BCUT2D eigenvalue weighted by Crippen LogP contribution is -2.15. The summed E-state index contributed by atoms with van der Waals surface area (Å²) in [6.45, 7) is 4.09. The normalized spacial score (nSPS) is 10.9. The van der Waals surface area contributed by atoms with Crippen molar-refractivity contribution < 1.29 is 13.6 Å². The minimum absolute atomic E-state index is 0.240. The van der Waals surface area contributed by atoms with Crippen LogP contribution >= 0.6 is 11.3 Å².